The molecule has 1 heterocycles. The Labute approximate surface area is 127 Å². The Morgan fingerprint density at radius 2 is 1.64 bits per heavy atom. The molecule has 0 amide bonds. The maximum absolute atomic E-state index is 12.7. The lowest BCUT2D eigenvalue weighted by molar-refractivity contribution is -0.137. The van der Waals surface area contributed by atoms with Crippen LogP contribution in [0.25, 0.3) is 0 Å². The highest BCUT2D eigenvalue weighted by molar-refractivity contribution is 5.79. The summed E-state index contributed by atoms with van der Waals surface area (Å²) in [6, 6.07) is 13.1. The third-order valence-corrected chi connectivity index (χ3v) is 3.73. The minimum Gasteiger partial charge on any atom is -0.377 e. The predicted molar refractivity (Wildman–Crippen MR) is 82.6 cm³/mol. The fraction of sp³-hybridized carbons (Fsp3) is 0.294. The monoisotopic (exact) mass is 306 g/mol. The lowest BCUT2D eigenvalue weighted by Gasteiger charge is -2.42. The van der Waals surface area contributed by atoms with E-state index in [2.05, 4.69) is 19.2 Å². The molecule has 0 aliphatic carbocycles. The first-order valence-electron chi connectivity index (χ1n) is 7.08. The fourth-order valence-electron chi connectivity index (χ4n) is 2.76. The van der Waals surface area contributed by atoms with Crippen LogP contribution >= 0.6 is 0 Å². The summed E-state index contributed by atoms with van der Waals surface area (Å²) in [5.41, 5.74) is 1.92. The van der Waals surface area contributed by atoms with Crippen LogP contribution in [0.5, 0.6) is 0 Å². The number of rotatable bonds is 1. The second-order valence-electron chi connectivity index (χ2n) is 6.16. The Hall–Kier alpha value is -2.17. The Morgan fingerprint density at radius 3 is 2.27 bits per heavy atom. The van der Waals surface area contributed by atoms with Gasteiger partial charge in [-0.3, -0.25) is 0 Å². The van der Waals surface area contributed by atoms with E-state index in [-0.39, 0.29) is 5.54 Å². The molecule has 22 heavy (non-hydrogen) atoms. The van der Waals surface area contributed by atoms with Gasteiger partial charge in [0.05, 0.1) is 16.9 Å². The molecule has 0 atom stereocenters. The number of hydrogen-bond donors (Lipinski definition) is 1. The van der Waals surface area contributed by atoms with Gasteiger partial charge in [-0.05, 0) is 50.2 Å². The summed E-state index contributed by atoms with van der Waals surface area (Å²) in [5.74, 6) is 0. The first kappa shape index (κ1) is 14.8. The molecule has 2 aromatic carbocycles. The molecular formula is C17H17F3N2. The van der Waals surface area contributed by atoms with E-state index >= 15 is 0 Å². The largest absolute Gasteiger partial charge is 0.416 e. The topological polar surface area (TPSA) is 15.3 Å². The van der Waals surface area contributed by atoms with Crippen LogP contribution in [0, 0.1) is 0 Å². The van der Waals surface area contributed by atoms with Gasteiger partial charge >= 0.3 is 6.18 Å². The lowest BCUT2D eigenvalue weighted by Crippen LogP contribution is -2.46. The first-order valence-corrected chi connectivity index (χ1v) is 7.08. The van der Waals surface area contributed by atoms with E-state index in [1.807, 2.05) is 29.2 Å². The Balaban J connectivity index is 2.01. The highest BCUT2D eigenvalue weighted by atomic mass is 19.4. The third kappa shape index (κ3) is 2.75. The number of anilines is 3. The summed E-state index contributed by atoms with van der Waals surface area (Å²) >= 11 is 0. The molecule has 2 nitrogen and oxygen atoms in total. The van der Waals surface area contributed by atoms with Crippen LogP contribution in [0.15, 0.2) is 48.5 Å². The number of hydrogen-bond acceptors (Lipinski definition) is 2. The quantitative estimate of drug-likeness (QED) is 0.793. The average molecular weight is 306 g/mol. The van der Waals surface area contributed by atoms with Crippen molar-refractivity contribution in [3.8, 4) is 0 Å². The zero-order chi connectivity index (χ0) is 16.0. The Kier molecular flexibility index (Phi) is 3.31. The molecule has 116 valence electrons. The Morgan fingerprint density at radius 1 is 1.00 bits per heavy atom. The molecule has 0 saturated heterocycles. The van der Waals surface area contributed by atoms with Gasteiger partial charge in [-0.25, -0.2) is 0 Å². The number of nitrogens with zero attached hydrogens (tertiary/aromatic N) is 1. The molecule has 5 heteroatoms. The molecule has 0 fully saturated rings. The molecule has 1 aliphatic rings. The molecule has 0 radical (unpaired) electrons. The maximum atomic E-state index is 12.7. The second kappa shape index (κ2) is 4.93. The summed E-state index contributed by atoms with van der Waals surface area (Å²) in [4.78, 5) is 2.05. The molecule has 0 aromatic heterocycles. The molecule has 1 N–H and O–H groups in total. The van der Waals surface area contributed by atoms with Crippen molar-refractivity contribution in [3.63, 3.8) is 0 Å². The van der Waals surface area contributed by atoms with Crippen LogP contribution in [0.4, 0.5) is 30.2 Å². The van der Waals surface area contributed by atoms with Gasteiger partial charge in [0.15, 0.2) is 0 Å². The molecular weight excluding hydrogens is 289 g/mol. The van der Waals surface area contributed by atoms with Crippen LogP contribution in [-0.2, 0) is 6.18 Å². The van der Waals surface area contributed by atoms with E-state index in [9.17, 15) is 13.2 Å². The molecule has 0 saturated carbocycles. The second-order valence-corrected chi connectivity index (χ2v) is 6.16. The van der Waals surface area contributed by atoms with Crippen molar-refractivity contribution >= 4 is 17.1 Å². The molecule has 2 aromatic rings. The SMILES string of the molecule is CC1(C)CN(c2ccc(C(F)(F)F)cc2)c2ccccc2N1. The van der Waals surface area contributed by atoms with Crippen molar-refractivity contribution in [2.24, 2.45) is 0 Å². The summed E-state index contributed by atoms with van der Waals surface area (Å²) < 4.78 is 38.1. The van der Waals surface area contributed by atoms with Gasteiger partial charge in [0.25, 0.3) is 0 Å². The lowest BCUT2D eigenvalue weighted by atomic mass is 9.98. The van der Waals surface area contributed by atoms with Crippen molar-refractivity contribution in [1.82, 2.24) is 0 Å². The summed E-state index contributed by atoms with van der Waals surface area (Å²) in [5, 5.41) is 3.45. The number of fused-ring (bicyclic) bond motifs is 1. The summed E-state index contributed by atoms with van der Waals surface area (Å²) in [7, 11) is 0. The minimum atomic E-state index is -4.31. The minimum absolute atomic E-state index is 0.170. The van der Waals surface area contributed by atoms with E-state index in [4.69, 9.17) is 0 Å². The van der Waals surface area contributed by atoms with E-state index in [0.29, 0.717) is 6.54 Å². The average Bonchev–Trinajstić information content (AvgIpc) is 2.44. The van der Waals surface area contributed by atoms with Gasteiger partial charge in [0.1, 0.15) is 0 Å². The molecule has 3 rings (SSSR count). The normalized spacial score (nSPS) is 16.9. The van der Waals surface area contributed by atoms with Crippen molar-refractivity contribution in [2.45, 2.75) is 25.6 Å². The van der Waals surface area contributed by atoms with Crippen LogP contribution in [0.2, 0.25) is 0 Å². The molecule has 1 aliphatic heterocycles. The Bertz CT molecular complexity index is 675. The van der Waals surface area contributed by atoms with E-state index in [0.717, 1.165) is 29.2 Å². The number of nitrogens with one attached hydrogen (secondary N) is 1. The van der Waals surface area contributed by atoms with Gasteiger partial charge in [-0.15, -0.1) is 0 Å². The van der Waals surface area contributed by atoms with Crippen LogP contribution < -0.4 is 10.2 Å². The first-order chi connectivity index (χ1) is 10.3. The summed E-state index contributed by atoms with van der Waals surface area (Å²) in [6.45, 7) is 4.81. The predicted octanol–water partition coefficient (Wildman–Crippen LogP) is 5.05. The number of alkyl halides is 3. The van der Waals surface area contributed by atoms with Crippen LogP contribution in [-0.4, -0.2) is 12.1 Å². The van der Waals surface area contributed by atoms with Crippen LogP contribution in [0.1, 0.15) is 19.4 Å². The number of halogens is 3. The van der Waals surface area contributed by atoms with Crippen LogP contribution in [0.3, 0.4) is 0 Å². The van der Waals surface area contributed by atoms with Crippen molar-refractivity contribution < 1.29 is 13.2 Å². The van der Waals surface area contributed by atoms with E-state index in [1.165, 1.54) is 12.1 Å². The number of para-hydroxylation sites is 2. The van der Waals surface area contributed by atoms with Crippen molar-refractivity contribution in [2.75, 3.05) is 16.8 Å². The van der Waals surface area contributed by atoms with E-state index < -0.39 is 11.7 Å². The van der Waals surface area contributed by atoms with E-state index in [1.54, 1.807) is 0 Å². The molecule has 0 spiro atoms. The zero-order valence-corrected chi connectivity index (χ0v) is 12.4. The van der Waals surface area contributed by atoms with Gasteiger partial charge in [-0.1, -0.05) is 12.1 Å². The van der Waals surface area contributed by atoms with Gasteiger partial charge in [0, 0.05) is 17.8 Å². The maximum Gasteiger partial charge on any atom is 0.416 e. The standard InChI is InChI=1S/C17H17F3N2/c1-16(2)11-22(15-6-4-3-5-14(15)21-16)13-9-7-12(8-10-13)17(18,19)20/h3-10,21H,11H2,1-2H3. The third-order valence-electron chi connectivity index (χ3n) is 3.73. The smallest absolute Gasteiger partial charge is 0.377 e. The fourth-order valence-corrected chi connectivity index (χ4v) is 2.76. The molecule has 0 bridgehead atoms. The van der Waals surface area contributed by atoms with Gasteiger partial charge < -0.3 is 10.2 Å². The summed E-state index contributed by atoms with van der Waals surface area (Å²) in [6.07, 6.45) is -4.31. The van der Waals surface area contributed by atoms with Crippen molar-refractivity contribution in [1.29, 1.82) is 0 Å². The molecule has 0 unspecified atom stereocenters. The highest BCUT2D eigenvalue weighted by Crippen LogP contribution is 2.39. The van der Waals surface area contributed by atoms with Gasteiger partial charge in [-0.2, -0.15) is 13.2 Å². The zero-order valence-electron chi connectivity index (χ0n) is 12.4. The van der Waals surface area contributed by atoms with Crippen molar-refractivity contribution in [3.05, 3.63) is 54.1 Å². The highest BCUT2D eigenvalue weighted by Gasteiger charge is 2.32. The number of benzene rings is 2. The van der Waals surface area contributed by atoms with Gasteiger partial charge in [0.2, 0.25) is 0 Å².